The van der Waals surface area contributed by atoms with Gasteiger partial charge in [0.15, 0.2) is 0 Å². The SMILES string of the molecule is CNC(=O)c1c(I)c(C(=O)N(CCO)CC(O)CO)c(I)c(N(C)C(=O)[C@H](C)O)c1I. The van der Waals surface area contributed by atoms with Crippen LogP contribution in [0.5, 0.6) is 0 Å². The van der Waals surface area contributed by atoms with Crippen molar-refractivity contribution in [3.8, 4) is 0 Å². The highest BCUT2D eigenvalue weighted by atomic mass is 127. The number of hydrogen-bond donors (Lipinski definition) is 5. The predicted molar refractivity (Wildman–Crippen MR) is 139 cm³/mol. The minimum atomic E-state index is -1.30. The molecule has 1 unspecified atom stereocenters. The first-order valence-corrected chi connectivity index (χ1v) is 12.2. The van der Waals surface area contributed by atoms with E-state index in [1.807, 2.05) is 67.8 Å². The van der Waals surface area contributed by atoms with Gasteiger partial charge in [0.05, 0.1) is 43.3 Å². The summed E-state index contributed by atoms with van der Waals surface area (Å²) in [5.41, 5.74) is 0.569. The third kappa shape index (κ3) is 6.59. The number of hydrogen-bond acceptors (Lipinski definition) is 7. The molecule has 0 saturated heterocycles. The van der Waals surface area contributed by atoms with E-state index < -0.39 is 36.5 Å². The van der Waals surface area contributed by atoms with Crippen molar-refractivity contribution in [2.24, 2.45) is 0 Å². The second-order valence-corrected chi connectivity index (χ2v) is 9.74. The van der Waals surface area contributed by atoms with Gasteiger partial charge in [-0.15, -0.1) is 0 Å². The fraction of sp³-hybridized carbons (Fsp3) is 0.500. The molecule has 10 nitrogen and oxygen atoms in total. The summed E-state index contributed by atoms with van der Waals surface area (Å²) in [6.07, 6.45) is -2.52. The van der Waals surface area contributed by atoms with E-state index in [9.17, 15) is 29.7 Å². The van der Waals surface area contributed by atoms with E-state index in [-0.39, 0.29) is 36.5 Å². The maximum Gasteiger partial charge on any atom is 0.256 e. The number of aliphatic hydroxyl groups excluding tert-OH is 4. The van der Waals surface area contributed by atoms with Gasteiger partial charge in [0.25, 0.3) is 17.7 Å². The van der Waals surface area contributed by atoms with E-state index in [0.29, 0.717) is 10.7 Å². The summed E-state index contributed by atoms with van der Waals surface area (Å²) < 4.78 is 1.11. The number of nitrogens with zero attached hydrogens (tertiary/aromatic N) is 2. The third-order valence-corrected chi connectivity index (χ3v) is 7.46. The second-order valence-electron chi connectivity index (χ2n) is 6.50. The van der Waals surface area contributed by atoms with Crippen molar-refractivity contribution < 1.29 is 34.8 Å². The Hall–Kier alpha value is -0.340. The molecule has 2 atom stereocenters. The molecule has 0 aliphatic heterocycles. The summed E-state index contributed by atoms with van der Waals surface area (Å²) in [7, 11) is 2.87. The lowest BCUT2D eigenvalue weighted by Gasteiger charge is -2.29. The molecule has 0 aliphatic rings. The van der Waals surface area contributed by atoms with Gasteiger partial charge in [-0.05, 0) is 74.7 Å². The summed E-state index contributed by atoms with van der Waals surface area (Å²) in [5, 5.41) is 40.6. The molecule has 1 aromatic carbocycles. The lowest BCUT2D eigenvalue weighted by molar-refractivity contribution is -0.125. The molecule has 0 aliphatic carbocycles. The van der Waals surface area contributed by atoms with Gasteiger partial charge in [-0.3, -0.25) is 14.4 Å². The van der Waals surface area contributed by atoms with Crippen LogP contribution in [0.3, 0.4) is 0 Å². The van der Waals surface area contributed by atoms with Crippen LogP contribution in [0, 0.1) is 10.7 Å². The average Bonchev–Trinajstić information content (AvgIpc) is 2.71. The van der Waals surface area contributed by atoms with E-state index in [2.05, 4.69) is 5.32 Å². The molecule has 13 heteroatoms. The molecule has 0 spiro atoms. The van der Waals surface area contributed by atoms with Crippen molar-refractivity contribution in [3.05, 3.63) is 21.8 Å². The van der Waals surface area contributed by atoms with Crippen LogP contribution in [0.25, 0.3) is 0 Å². The Kier molecular flexibility index (Phi) is 11.8. The van der Waals surface area contributed by atoms with Crippen molar-refractivity contribution in [3.63, 3.8) is 0 Å². The molecule has 0 aromatic heterocycles. The van der Waals surface area contributed by atoms with Crippen molar-refractivity contribution >= 4 is 91.2 Å². The summed E-state index contributed by atoms with van der Waals surface area (Å²) in [5.74, 6) is -1.68. The Morgan fingerprint density at radius 2 is 1.58 bits per heavy atom. The van der Waals surface area contributed by atoms with Gasteiger partial charge in [-0.1, -0.05) is 0 Å². The second kappa shape index (κ2) is 12.8. The number of carbonyl (C=O) groups is 3. The van der Waals surface area contributed by atoms with Gasteiger partial charge >= 0.3 is 0 Å². The number of benzene rings is 1. The highest BCUT2D eigenvalue weighted by molar-refractivity contribution is 14.1. The molecular formula is C18H24I3N3O7. The first-order chi connectivity index (χ1) is 14.4. The molecule has 174 valence electrons. The maximum absolute atomic E-state index is 13.4. The first-order valence-electron chi connectivity index (χ1n) is 9.01. The number of halogens is 3. The summed E-state index contributed by atoms with van der Waals surface area (Å²) in [6, 6.07) is 0. The van der Waals surface area contributed by atoms with Gasteiger partial charge in [0.1, 0.15) is 6.10 Å². The smallest absolute Gasteiger partial charge is 0.256 e. The quantitative estimate of drug-likeness (QED) is 0.222. The Bertz CT molecular complexity index is 851. The van der Waals surface area contributed by atoms with Gasteiger partial charge in [-0.25, -0.2) is 0 Å². The number of rotatable bonds is 9. The topological polar surface area (TPSA) is 151 Å². The number of aliphatic hydroxyl groups is 4. The van der Waals surface area contributed by atoms with Crippen molar-refractivity contribution in [1.29, 1.82) is 0 Å². The Labute approximate surface area is 220 Å². The van der Waals surface area contributed by atoms with E-state index in [4.69, 9.17) is 5.11 Å². The lowest BCUT2D eigenvalue weighted by Crippen LogP contribution is -2.42. The Balaban J connectivity index is 3.83. The molecule has 0 heterocycles. The predicted octanol–water partition coefficient (Wildman–Crippen LogP) is -0.00870. The minimum absolute atomic E-state index is 0.110. The van der Waals surface area contributed by atoms with Crippen LogP contribution in [-0.2, 0) is 4.79 Å². The van der Waals surface area contributed by atoms with Crippen LogP contribution in [0.4, 0.5) is 5.69 Å². The van der Waals surface area contributed by atoms with Crippen molar-refractivity contribution in [2.45, 2.75) is 19.1 Å². The van der Waals surface area contributed by atoms with Gasteiger partial charge < -0.3 is 35.5 Å². The van der Waals surface area contributed by atoms with E-state index in [1.165, 1.54) is 30.8 Å². The van der Waals surface area contributed by atoms with Gasteiger partial charge in [0.2, 0.25) is 0 Å². The molecule has 0 bridgehead atoms. The number of likely N-dealkylation sites (N-methyl/N-ethyl adjacent to an activating group) is 1. The number of amides is 3. The van der Waals surface area contributed by atoms with Crippen LogP contribution in [-0.4, -0.2) is 95.7 Å². The molecule has 5 N–H and O–H groups in total. The van der Waals surface area contributed by atoms with E-state index in [1.54, 1.807) is 0 Å². The molecule has 3 amide bonds. The zero-order valence-corrected chi connectivity index (χ0v) is 23.5. The summed E-state index contributed by atoms with van der Waals surface area (Å²) >= 11 is 5.69. The van der Waals surface area contributed by atoms with Crippen LogP contribution < -0.4 is 10.2 Å². The molecule has 31 heavy (non-hydrogen) atoms. The molecule has 0 fully saturated rings. The zero-order chi connectivity index (χ0) is 24.0. The lowest BCUT2D eigenvalue weighted by atomic mass is 10.1. The fourth-order valence-corrected chi connectivity index (χ4v) is 7.56. The number of nitrogens with one attached hydrogen (secondary N) is 1. The van der Waals surface area contributed by atoms with E-state index >= 15 is 0 Å². The highest BCUT2D eigenvalue weighted by Crippen LogP contribution is 2.38. The molecule has 0 saturated carbocycles. The van der Waals surface area contributed by atoms with Crippen LogP contribution >= 0.6 is 67.8 Å². The zero-order valence-electron chi connectivity index (χ0n) is 17.0. The summed E-state index contributed by atoms with van der Waals surface area (Å²) in [6.45, 7) is 0.0198. The van der Waals surface area contributed by atoms with Gasteiger partial charge in [0, 0.05) is 30.8 Å². The van der Waals surface area contributed by atoms with Crippen LogP contribution in [0.1, 0.15) is 27.6 Å². The maximum atomic E-state index is 13.4. The number of carbonyl (C=O) groups excluding carboxylic acids is 3. The molecule has 1 aromatic rings. The highest BCUT2D eigenvalue weighted by Gasteiger charge is 2.33. The molecular weight excluding hydrogens is 751 g/mol. The van der Waals surface area contributed by atoms with Crippen molar-refractivity contribution in [1.82, 2.24) is 10.2 Å². The van der Waals surface area contributed by atoms with Gasteiger partial charge in [-0.2, -0.15) is 0 Å². The fourth-order valence-electron chi connectivity index (χ4n) is 2.71. The van der Waals surface area contributed by atoms with Crippen LogP contribution in [0.2, 0.25) is 0 Å². The third-order valence-electron chi connectivity index (χ3n) is 4.28. The first kappa shape index (κ1) is 28.7. The number of anilines is 1. The normalized spacial score (nSPS) is 12.8. The monoisotopic (exact) mass is 775 g/mol. The Morgan fingerprint density at radius 1 is 1.03 bits per heavy atom. The van der Waals surface area contributed by atoms with Crippen LogP contribution in [0.15, 0.2) is 0 Å². The minimum Gasteiger partial charge on any atom is -0.395 e. The largest absolute Gasteiger partial charge is 0.395 e. The average molecular weight is 775 g/mol. The standard InChI is InChI=1S/C18H24I3N3O7/c1-8(27)17(30)23(3)15-13(20)10(16(29)22-2)12(19)11(14(15)21)18(31)24(4-5-25)6-9(28)7-26/h8-9,25-28H,4-7H2,1-3H3,(H,22,29)/t8-,9?/m0/s1. The Morgan fingerprint density at radius 3 is 2.03 bits per heavy atom. The molecule has 1 rings (SSSR count). The molecule has 0 radical (unpaired) electrons. The van der Waals surface area contributed by atoms with E-state index in [0.717, 1.165) is 0 Å². The van der Waals surface area contributed by atoms with Crippen molar-refractivity contribution in [2.75, 3.05) is 45.3 Å². The summed E-state index contributed by atoms with van der Waals surface area (Å²) in [4.78, 5) is 40.8.